The number of ether oxygens (including phenoxy) is 1. The van der Waals surface area contributed by atoms with E-state index in [1.54, 1.807) is 0 Å². The summed E-state index contributed by atoms with van der Waals surface area (Å²) in [5, 5.41) is 24.3. The van der Waals surface area contributed by atoms with Crippen LogP contribution in [0, 0.1) is 0 Å². The van der Waals surface area contributed by atoms with E-state index in [2.05, 4.69) is 25.8 Å². The molecule has 0 saturated carbocycles. The molecule has 0 amide bonds. The van der Waals surface area contributed by atoms with Crippen molar-refractivity contribution in [1.82, 2.24) is 19.8 Å². The third-order valence-corrected chi connectivity index (χ3v) is 6.74. The lowest BCUT2D eigenvalue weighted by molar-refractivity contribution is 0.0691. The molecular weight excluding hydrogens is 495 g/mol. The number of nitrogens with zero attached hydrogens (tertiary/aromatic N) is 2. The van der Waals surface area contributed by atoms with Gasteiger partial charge in [0.25, 0.3) is 5.56 Å². The number of carboxylic acid groups (broad SMARTS) is 1. The zero-order chi connectivity index (χ0) is 23.1. The van der Waals surface area contributed by atoms with Gasteiger partial charge in [-0.2, -0.15) is 0 Å². The summed E-state index contributed by atoms with van der Waals surface area (Å²) in [5.74, 6) is -1.36. The number of hydrogen-bond donors (Lipinski definition) is 4. The number of carboxylic acids is 1. The number of nitrogens with one attached hydrogen (secondary N) is 2. The second kappa shape index (κ2) is 10.9. The third-order valence-electron chi connectivity index (χ3n) is 6.74. The standard InChI is InChI=1S/C24H28N4O5.2ClH/c1-27-15(13-25-5-8-28-6-2-3-7-28)10-14-11-17-19(12-18(14)27)33-9-4-16-21(17)26-23(30)20(22(16)29)24(31)32;;/h10-12,25H,2-9,13H2,1H3,(H,31,32)(H2,26,29,30);2*1H. The number of pyridine rings is 1. The molecular formula is C24H30Cl2N4O5. The summed E-state index contributed by atoms with van der Waals surface area (Å²) in [5.41, 5.74) is 2.09. The van der Waals surface area contributed by atoms with Crippen molar-refractivity contribution >= 4 is 41.7 Å². The zero-order valence-corrected chi connectivity index (χ0v) is 21.1. The Morgan fingerprint density at radius 2 is 1.94 bits per heavy atom. The maximum absolute atomic E-state index is 12.4. The lowest BCUT2D eigenvalue weighted by Gasteiger charge is -2.15. The summed E-state index contributed by atoms with van der Waals surface area (Å²) in [6.45, 7) is 5.36. The molecule has 9 nitrogen and oxygen atoms in total. The molecule has 2 aromatic heterocycles. The molecule has 0 bridgehead atoms. The van der Waals surface area contributed by atoms with Crippen molar-refractivity contribution < 1.29 is 19.7 Å². The normalized spacial score (nSPS) is 14.9. The Bertz CT molecular complexity index is 1300. The Balaban J connectivity index is 0.00000171. The van der Waals surface area contributed by atoms with Crippen LogP contribution in [0.15, 0.2) is 23.0 Å². The second-order valence-corrected chi connectivity index (χ2v) is 8.76. The van der Waals surface area contributed by atoms with Gasteiger partial charge in [-0.1, -0.05) is 0 Å². The van der Waals surface area contributed by atoms with Crippen LogP contribution in [0.2, 0.25) is 0 Å². The summed E-state index contributed by atoms with van der Waals surface area (Å²) in [4.78, 5) is 29.0. The molecule has 0 aliphatic carbocycles. The molecule has 190 valence electrons. The van der Waals surface area contributed by atoms with Crippen molar-refractivity contribution in [1.29, 1.82) is 0 Å². The summed E-state index contributed by atoms with van der Waals surface area (Å²) in [6, 6.07) is 5.97. The van der Waals surface area contributed by atoms with Crippen molar-refractivity contribution in [3.05, 3.63) is 45.4 Å². The first-order chi connectivity index (χ1) is 15.9. The van der Waals surface area contributed by atoms with Crippen LogP contribution in [-0.2, 0) is 20.0 Å². The first-order valence-corrected chi connectivity index (χ1v) is 11.3. The Kier molecular flexibility index (Phi) is 8.38. The largest absolute Gasteiger partial charge is 0.506 e. The number of benzene rings is 1. The number of aromatic amines is 1. The lowest BCUT2D eigenvalue weighted by Crippen LogP contribution is -2.30. The Labute approximate surface area is 214 Å². The maximum Gasteiger partial charge on any atom is 0.345 e. The Morgan fingerprint density at radius 1 is 1.20 bits per heavy atom. The molecule has 0 atom stereocenters. The van der Waals surface area contributed by atoms with Crippen LogP contribution in [-0.4, -0.2) is 63.4 Å². The summed E-state index contributed by atoms with van der Waals surface area (Å²) in [6.07, 6.45) is 2.87. The van der Waals surface area contributed by atoms with Crippen LogP contribution in [0.3, 0.4) is 0 Å². The van der Waals surface area contributed by atoms with Crippen LogP contribution < -0.4 is 15.6 Å². The number of halogens is 2. The SMILES string of the molecule is Cl.Cl.Cn1c(CNCCN2CCCC2)cc2cc3c(cc21)OCCc1c-3[nH]c(=O)c(C(=O)O)c1O. The van der Waals surface area contributed by atoms with Crippen molar-refractivity contribution in [3.63, 3.8) is 0 Å². The summed E-state index contributed by atoms with van der Waals surface area (Å²) >= 11 is 0. The predicted octanol–water partition coefficient (Wildman–Crippen LogP) is 2.90. The second-order valence-electron chi connectivity index (χ2n) is 8.76. The van der Waals surface area contributed by atoms with Crippen molar-refractivity contribution in [3.8, 4) is 22.8 Å². The highest BCUT2D eigenvalue weighted by atomic mass is 35.5. The Hall–Kier alpha value is -2.72. The summed E-state index contributed by atoms with van der Waals surface area (Å²) < 4.78 is 8.07. The van der Waals surface area contributed by atoms with Gasteiger partial charge in [-0.25, -0.2) is 4.79 Å². The number of aryl methyl sites for hydroxylation is 1. The lowest BCUT2D eigenvalue weighted by atomic mass is 9.99. The molecule has 4 heterocycles. The van der Waals surface area contributed by atoms with Crippen LogP contribution in [0.1, 0.15) is 34.5 Å². The molecule has 5 rings (SSSR count). The van der Waals surface area contributed by atoms with E-state index in [0.29, 0.717) is 22.6 Å². The van der Waals surface area contributed by atoms with Crippen molar-refractivity contribution in [2.45, 2.75) is 25.8 Å². The predicted molar refractivity (Wildman–Crippen MR) is 139 cm³/mol. The van der Waals surface area contributed by atoms with E-state index in [1.165, 1.54) is 25.9 Å². The van der Waals surface area contributed by atoms with Crippen LogP contribution >= 0.6 is 24.8 Å². The fourth-order valence-corrected chi connectivity index (χ4v) is 4.93. The highest BCUT2D eigenvalue weighted by molar-refractivity contribution is 5.94. The molecule has 4 N–H and O–H groups in total. The van der Waals surface area contributed by atoms with E-state index < -0.39 is 22.8 Å². The number of aromatic hydroxyl groups is 1. The molecule has 3 aromatic rings. The van der Waals surface area contributed by atoms with Gasteiger partial charge in [-0.05, 0) is 38.1 Å². The van der Waals surface area contributed by atoms with Gasteiger partial charge >= 0.3 is 5.97 Å². The molecule has 2 aliphatic rings. The molecule has 11 heteroatoms. The molecule has 1 saturated heterocycles. The fraction of sp³-hybridized carbons (Fsp3) is 0.417. The molecule has 35 heavy (non-hydrogen) atoms. The molecule has 1 aromatic carbocycles. The van der Waals surface area contributed by atoms with Gasteiger partial charge < -0.3 is 34.7 Å². The number of aromatic carboxylic acids is 1. The quantitative estimate of drug-likeness (QED) is 0.366. The van der Waals surface area contributed by atoms with Gasteiger partial charge in [0.1, 0.15) is 11.5 Å². The van der Waals surface area contributed by atoms with Gasteiger partial charge in [-0.15, -0.1) is 24.8 Å². The highest BCUT2D eigenvalue weighted by Gasteiger charge is 2.26. The van der Waals surface area contributed by atoms with Gasteiger partial charge in [0.2, 0.25) is 0 Å². The minimum Gasteiger partial charge on any atom is -0.506 e. The number of hydrogen-bond acceptors (Lipinski definition) is 6. The van der Waals surface area contributed by atoms with Crippen LogP contribution in [0.25, 0.3) is 22.2 Å². The van der Waals surface area contributed by atoms with E-state index in [-0.39, 0.29) is 37.8 Å². The molecule has 2 aliphatic heterocycles. The molecule has 0 radical (unpaired) electrons. The zero-order valence-electron chi connectivity index (χ0n) is 19.4. The number of fused-ring (bicyclic) bond motifs is 4. The van der Waals surface area contributed by atoms with Gasteiger partial charge in [0, 0.05) is 61.4 Å². The third kappa shape index (κ3) is 4.99. The van der Waals surface area contributed by atoms with Crippen molar-refractivity contribution in [2.75, 3.05) is 32.8 Å². The minimum atomic E-state index is -1.46. The monoisotopic (exact) mass is 524 g/mol. The van der Waals surface area contributed by atoms with E-state index in [9.17, 15) is 19.8 Å². The first kappa shape index (κ1) is 26.9. The van der Waals surface area contributed by atoms with Crippen LogP contribution in [0.4, 0.5) is 0 Å². The van der Waals surface area contributed by atoms with E-state index in [1.807, 2.05) is 19.2 Å². The van der Waals surface area contributed by atoms with Gasteiger partial charge in [0.05, 0.1) is 17.8 Å². The molecule has 0 spiro atoms. The number of aromatic nitrogens is 2. The van der Waals surface area contributed by atoms with Crippen molar-refractivity contribution in [2.24, 2.45) is 7.05 Å². The maximum atomic E-state index is 12.4. The average Bonchev–Trinajstić information content (AvgIpc) is 3.35. The first-order valence-electron chi connectivity index (χ1n) is 11.3. The Morgan fingerprint density at radius 3 is 2.66 bits per heavy atom. The van der Waals surface area contributed by atoms with E-state index >= 15 is 0 Å². The topological polar surface area (TPSA) is 120 Å². The van der Waals surface area contributed by atoms with Crippen LogP contribution in [0.5, 0.6) is 11.5 Å². The van der Waals surface area contributed by atoms with E-state index in [0.717, 1.165) is 36.2 Å². The smallest absolute Gasteiger partial charge is 0.345 e. The minimum absolute atomic E-state index is 0. The number of carbonyl (C=O) groups is 1. The number of likely N-dealkylation sites (tertiary alicyclic amines) is 1. The van der Waals surface area contributed by atoms with Gasteiger partial charge in [0.15, 0.2) is 5.56 Å². The fourth-order valence-electron chi connectivity index (χ4n) is 4.93. The average molecular weight is 525 g/mol. The number of rotatable bonds is 6. The highest BCUT2D eigenvalue weighted by Crippen LogP contribution is 2.40. The number of H-pyrrole nitrogens is 1. The van der Waals surface area contributed by atoms with Gasteiger partial charge in [-0.3, -0.25) is 4.79 Å². The van der Waals surface area contributed by atoms with E-state index in [4.69, 9.17) is 4.74 Å². The molecule has 1 fully saturated rings. The summed E-state index contributed by atoms with van der Waals surface area (Å²) in [7, 11) is 2.02. The molecule has 0 unspecified atom stereocenters.